The van der Waals surface area contributed by atoms with Crippen molar-refractivity contribution in [2.75, 3.05) is 5.01 Å². The number of hydrogen-bond donors (Lipinski definition) is 0. The molecule has 5 heteroatoms. The molecule has 172 valence electrons. The second kappa shape index (κ2) is 12.6. The van der Waals surface area contributed by atoms with Gasteiger partial charge in [0.2, 0.25) is 0 Å². The fourth-order valence-electron chi connectivity index (χ4n) is 4.07. The van der Waals surface area contributed by atoms with Crippen molar-refractivity contribution >= 4 is 22.4 Å². The van der Waals surface area contributed by atoms with Gasteiger partial charge in [-0.2, -0.15) is 5.10 Å². The van der Waals surface area contributed by atoms with Crippen LogP contribution in [0.5, 0.6) is 0 Å². The summed E-state index contributed by atoms with van der Waals surface area (Å²) in [4.78, 5) is 12.6. The minimum Gasteiger partial charge on any atom is -0.422 e. The summed E-state index contributed by atoms with van der Waals surface area (Å²) in [6.07, 6.45) is 22.9. The molecule has 2 fully saturated rings. The Morgan fingerprint density at radius 3 is 2.06 bits per heavy atom. The first kappa shape index (κ1) is 25.7. The first-order chi connectivity index (χ1) is 16.8. The van der Waals surface area contributed by atoms with E-state index in [2.05, 4.69) is 12.8 Å². The van der Waals surface area contributed by atoms with Crippen molar-refractivity contribution in [3.8, 4) is 0 Å². The Morgan fingerprint density at radius 1 is 0.771 bits per heavy atom. The molecule has 0 saturated heterocycles. The Bertz CT molecular complexity index is 1150. The molecule has 2 heterocycles. The predicted molar refractivity (Wildman–Crippen MR) is 137 cm³/mol. The van der Waals surface area contributed by atoms with E-state index in [4.69, 9.17) is 9.52 Å². The van der Waals surface area contributed by atoms with Crippen molar-refractivity contribution < 1.29 is 21.5 Å². The molecule has 0 bridgehead atoms. The zero-order valence-corrected chi connectivity index (χ0v) is 20.1. The smallest absolute Gasteiger partial charge is 0.422 e. The molecule has 4 nitrogen and oxygen atoms in total. The maximum Gasteiger partial charge on any atom is 2.00 e. The van der Waals surface area contributed by atoms with Crippen LogP contribution >= 0.6 is 0 Å². The van der Waals surface area contributed by atoms with Gasteiger partial charge in [0.15, 0.2) is 0 Å². The first-order valence-corrected chi connectivity index (χ1v) is 11.3. The van der Waals surface area contributed by atoms with Gasteiger partial charge in [0.05, 0.1) is 23.0 Å². The standard InChI is InChI=1S/C24H18N2O2.C6H6.Fe/c27-24-20(15-18-11-7-8-14-23(18)28-24)21-16-22(17-9-3-1-4-10-17)26(25-21)19-12-5-2-6-13-19;1-2-4-6-5-3-1;/h1-15,22H,16H2;1-6H;/q;;+2. The van der Waals surface area contributed by atoms with E-state index in [1.54, 1.807) is 6.07 Å². The number of anilines is 1. The molecule has 3 aliphatic rings. The van der Waals surface area contributed by atoms with E-state index in [9.17, 15) is 4.79 Å². The van der Waals surface area contributed by atoms with Crippen LogP contribution in [-0.4, -0.2) is 11.8 Å². The van der Waals surface area contributed by atoms with Crippen molar-refractivity contribution in [1.82, 2.24) is 0 Å². The number of rotatable bonds is 3. The minimum atomic E-state index is -0.348. The Hall–Kier alpha value is -2.36. The molecule has 2 aliphatic carbocycles. The Balaban J connectivity index is 0.000000363. The molecule has 12 radical (unpaired) electrons. The number of nitrogens with zero attached hydrogens (tertiary/aromatic N) is 2. The third-order valence-corrected chi connectivity index (χ3v) is 5.73. The van der Waals surface area contributed by atoms with E-state index in [1.807, 2.05) is 117 Å². The molecule has 0 N–H and O–H groups in total. The maximum atomic E-state index is 12.6. The molecule has 0 spiro atoms. The zero-order chi connectivity index (χ0) is 23.2. The number of benzene rings is 2. The van der Waals surface area contributed by atoms with Crippen molar-refractivity contribution in [3.05, 3.63) is 153 Å². The summed E-state index contributed by atoms with van der Waals surface area (Å²) in [7, 11) is 0. The average molecular weight is 500 g/mol. The minimum absolute atomic E-state index is 0. The average Bonchev–Trinajstić information content (AvgIpc) is 3.36. The van der Waals surface area contributed by atoms with Gasteiger partial charge in [-0.25, -0.2) is 4.79 Å². The van der Waals surface area contributed by atoms with Gasteiger partial charge in [-0.05, 0) is 94.9 Å². The third kappa shape index (κ3) is 6.26. The number of hydrazone groups is 1. The van der Waals surface area contributed by atoms with E-state index in [-0.39, 0.29) is 28.7 Å². The monoisotopic (exact) mass is 500 g/mol. The van der Waals surface area contributed by atoms with E-state index in [0.717, 1.165) is 22.7 Å². The first-order valence-electron chi connectivity index (χ1n) is 11.3. The molecule has 1 unspecified atom stereocenters. The van der Waals surface area contributed by atoms with E-state index >= 15 is 0 Å². The van der Waals surface area contributed by atoms with Crippen LogP contribution in [0.2, 0.25) is 0 Å². The van der Waals surface area contributed by atoms with Crippen LogP contribution in [-0.2, 0) is 17.1 Å². The van der Waals surface area contributed by atoms with Gasteiger partial charge in [-0.1, -0.05) is 36.4 Å². The fourth-order valence-corrected chi connectivity index (χ4v) is 4.07. The summed E-state index contributed by atoms with van der Waals surface area (Å²) in [6, 6.07) is 19.5. The van der Waals surface area contributed by atoms with Gasteiger partial charge in [0.1, 0.15) is 5.58 Å². The number of para-hydroxylation sites is 2. The SMILES string of the molecule is O=c1oc2ccccc2cc1C1=NN(c2ccccc2)C([C]2[CH][CH][CH][CH][CH]2)C1.[CH]1[CH][CH][CH][CH][CH]1.[Fe+2]. The van der Waals surface area contributed by atoms with Crippen LogP contribution in [0.1, 0.15) is 12.0 Å². The Labute approximate surface area is 219 Å². The molecular weight excluding hydrogens is 476 g/mol. The zero-order valence-electron chi connectivity index (χ0n) is 19.0. The van der Waals surface area contributed by atoms with Crippen LogP contribution in [0.15, 0.2) is 75.0 Å². The molecule has 3 aromatic rings. The molecule has 35 heavy (non-hydrogen) atoms. The van der Waals surface area contributed by atoms with Gasteiger partial charge >= 0.3 is 22.7 Å². The van der Waals surface area contributed by atoms with Gasteiger partial charge in [-0.15, -0.1) is 0 Å². The summed E-state index contributed by atoms with van der Waals surface area (Å²) in [5.74, 6) is 1.16. The van der Waals surface area contributed by atoms with Crippen LogP contribution in [0.25, 0.3) is 11.0 Å². The maximum absolute atomic E-state index is 12.6. The van der Waals surface area contributed by atoms with Crippen molar-refractivity contribution in [2.24, 2.45) is 5.10 Å². The van der Waals surface area contributed by atoms with E-state index in [1.165, 1.54) is 0 Å². The third-order valence-electron chi connectivity index (χ3n) is 5.73. The predicted octanol–water partition coefficient (Wildman–Crippen LogP) is 5.61. The van der Waals surface area contributed by atoms with E-state index in [0.29, 0.717) is 17.6 Å². The second-order valence-corrected chi connectivity index (χ2v) is 8.00. The summed E-state index contributed by atoms with van der Waals surface area (Å²) < 4.78 is 5.53. The van der Waals surface area contributed by atoms with Gasteiger partial charge < -0.3 is 4.42 Å². The topological polar surface area (TPSA) is 45.8 Å². The van der Waals surface area contributed by atoms with Crippen LogP contribution < -0.4 is 10.6 Å². The summed E-state index contributed by atoms with van der Waals surface area (Å²) in [5, 5.41) is 7.74. The molecule has 1 aliphatic heterocycles. The molecule has 1 aromatic heterocycles. The van der Waals surface area contributed by atoms with Crippen molar-refractivity contribution in [1.29, 1.82) is 0 Å². The number of hydrogen-bond acceptors (Lipinski definition) is 4. The summed E-state index contributed by atoms with van der Waals surface area (Å²) in [5.41, 5.74) is 2.51. The van der Waals surface area contributed by atoms with Crippen molar-refractivity contribution in [3.63, 3.8) is 0 Å². The molecule has 2 aromatic carbocycles. The number of fused-ring (bicyclic) bond motifs is 1. The Morgan fingerprint density at radius 2 is 1.37 bits per heavy atom. The van der Waals surface area contributed by atoms with Crippen LogP contribution in [0, 0.1) is 76.5 Å². The normalized spacial score (nSPS) is 20.5. The molecule has 0 amide bonds. The van der Waals surface area contributed by atoms with Crippen LogP contribution in [0.4, 0.5) is 5.69 Å². The van der Waals surface area contributed by atoms with Crippen molar-refractivity contribution in [2.45, 2.75) is 12.5 Å². The summed E-state index contributed by atoms with van der Waals surface area (Å²) >= 11 is 0. The largest absolute Gasteiger partial charge is 2.00 e. The summed E-state index contributed by atoms with van der Waals surface area (Å²) in [6.45, 7) is 0. The van der Waals surface area contributed by atoms with Crippen LogP contribution in [0.3, 0.4) is 0 Å². The Kier molecular flexibility index (Phi) is 9.23. The van der Waals surface area contributed by atoms with Gasteiger partial charge in [0, 0.05) is 17.7 Å². The second-order valence-electron chi connectivity index (χ2n) is 8.00. The van der Waals surface area contributed by atoms with Gasteiger partial charge in [0.25, 0.3) is 0 Å². The molecule has 1 atom stereocenters. The molecule has 2 saturated carbocycles. The molecule has 6 rings (SSSR count). The van der Waals surface area contributed by atoms with E-state index < -0.39 is 0 Å². The molecular formula is C30H24FeN2O2+2. The fraction of sp³-hybridized carbons (Fsp3) is 0.0667. The van der Waals surface area contributed by atoms with Gasteiger partial charge in [-0.3, -0.25) is 5.01 Å². The quantitative estimate of drug-likeness (QED) is 0.347.